The summed E-state index contributed by atoms with van der Waals surface area (Å²) >= 11 is 0. The Balaban J connectivity index is 2.22. The zero-order valence-corrected chi connectivity index (χ0v) is 15.7. The summed E-state index contributed by atoms with van der Waals surface area (Å²) in [6, 6.07) is 4.13. The van der Waals surface area contributed by atoms with Crippen molar-refractivity contribution in [2.45, 2.75) is 71.0 Å². The van der Waals surface area contributed by atoms with Gasteiger partial charge < -0.3 is 10.3 Å². The molecule has 1 amide bonds. The summed E-state index contributed by atoms with van der Waals surface area (Å²) in [4.78, 5) is 12.3. The number of alkyl halides is 3. The number of nitrogens with two attached hydrogens (primary N) is 1. The Labute approximate surface area is 157 Å². The van der Waals surface area contributed by atoms with Gasteiger partial charge in [-0.15, -0.1) is 0 Å². The van der Waals surface area contributed by atoms with Crippen LogP contribution in [-0.4, -0.2) is 10.5 Å². The number of nitrogens with zero attached hydrogens (tertiary/aromatic N) is 1. The van der Waals surface area contributed by atoms with Gasteiger partial charge in [0.25, 0.3) is 5.91 Å². The van der Waals surface area contributed by atoms with Gasteiger partial charge in [0, 0.05) is 23.1 Å². The van der Waals surface area contributed by atoms with E-state index in [1.165, 1.54) is 18.9 Å². The summed E-state index contributed by atoms with van der Waals surface area (Å²) in [5, 5.41) is -0.0328. The number of halogens is 3. The second kappa shape index (κ2) is 7.95. The molecular formula is C21H27F3N2O. The van der Waals surface area contributed by atoms with Crippen molar-refractivity contribution in [3.63, 3.8) is 0 Å². The van der Waals surface area contributed by atoms with E-state index in [0.717, 1.165) is 38.2 Å². The van der Waals surface area contributed by atoms with Crippen LogP contribution < -0.4 is 5.73 Å². The summed E-state index contributed by atoms with van der Waals surface area (Å²) in [6.45, 7) is 2.56. The average molecular weight is 380 g/mol. The number of fused-ring (bicyclic) bond motifs is 1. The first kappa shape index (κ1) is 19.8. The number of amides is 1. The van der Waals surface area contributed by atoms with E-state index in [2.05, 4.69) is 0 Å². The van der Waals surface area contributed by atoms with Crippen LogP contribution in [0.25, 0.3) is 10.9 Å². The van der Waals surface area contributed by atoms with Gasteiger partial charge in [-0.05, 0) is 30.9 Å². The molecule has 0 saturated heterocycles. The molecule has 2 aromatic rings. The minimum Gasteiger partial charge on any atom is -0.366 e. The van der Waals surface area contributed by atoms with E-state index < -0.39 is 17.6 Å². The third-order valence-corrected chi connectivity index (χ3v) is 5.65. The Kier molecular flexibility index (Phi) is 5.82. The van der Waals surface area contributed by atoms with Crippen molar-refractivity contribution in [3.05, 3.63) is 35.0 Å². The molecule has 27 heavy (non-hydrogen) atoms. The monoisotopic (exact) mass is 380 g/mol. The van der Waals surface area contributed by atoms with E-state index in [1.807, 2.05) is 11.5 Å². The number of rotatable bonds is 5. The highest BCUT2D eigenvalue weighted by atomic mass is 19.4. The molecule has 3 nitrogen and oxygen atoms in total. The van der Waals surface area contributed by atoms with Crippen LogP contribution in [0.5, 0.6) is 0 Å². The van der Waals surface area contributed by atoms with E-state index in [4.69, 9.17) is 5.73 Å². The van der Waals surface area contributed by atoms with Crippen LogP contribution in [0.15, 0.2) is 18.2 Å². The van der Waals surface area contributed by atoms with Crippen molar-refractivity contribution in [2.24, 2.45) is 11.7 Å². The summed E-state index contributed by atoms with van der Waals surface area (Å²) in [6.07, 6.45) is 3.65. The third kappa shape index (κ3) is 3.99. The van der Waals surface area contributed by atoms with Gasteiger partial charge in [-0.3, -0.25) is 4.79 Å². The van der Waals surface area contributed by atoms with Crippen molar-refractivity contribution in [1.29, 1.82) is 0 Å². The van der Waals surface area contributed by atoms with Gasteiger partial charge in [0.2, 0.25) is 0 Å². The molecule has 6 heteroatoms. The van der Waals surface area contributed by atoms with Crippen LogP contribution in [0, 0.1) is 5.92 Å². The molecule has 3 rings (SSSR count). The molecule has 0 radical (unpaired) electrons. The lowest BCUT2D eigenvalue weighted by atomic mass is 9.92. The molecule has 0 unspecified atom stereocenters. The Morgan fingerprint density at radius 3 is 2.41 bits per heavy atom. The van der Waals surface area contributed by atoms with Gasteiger partial charge in [-0.25, -0.2) is 0 Å². The fraction of sp³-hybridized carbons (Fsp3) is 0.571. The van der Waals surface area contributed by atoms with Crippen molar-refractivity contribution < 1.29 is 18.0 Å². The summed E-state index contributed by atoms with van der Waals surface area (Å²) in [5.41, 5.74) is 6.06. The molecule has 0 atom stereocenters. The minimum absolute atomic E-state index is 0.0328. The Hall–Kier alpha value is -1.98. The maximum atomic E-state index is 13.6. The van der Waals surface area contributed by atoms with Gasteiger partial charge in [0.05, 0.1) is 11.1 Å². The van der Waals surface area contributed by atoms with Crippen LogP contribution >= 0.6 is 0 Å². The molecule has 1 aliphatic carbocycles. The fourth-order valence-electron chi connectivity index (χ4n) is 4.49. The van der Waals surface area contributed by atoms with E-state index in [1.54, 1.807) is 6.07 Å². The van der Waals surface area contributed by atoms with E-state index >= 15 is 0 Å². The zero-order chi connectivity index (χ0) is 19.6. The van der Waals surface area contributed by atoms with Crippen molar-refractivity contribution in [3.8, 4) is 0 Å². The standard InChI is InChI=1S/C21H27F3N2O/c1-2-12-26-16-11-7-10-15(21(22,23)24)18(16)19(20(25)27)17(26)13-14-8-5-3-4-6-9-14/h7,10-11,14H,2-6,8-9,12-13H2,1H3,(H2,25,27). The second-order valence-corrected chi connectivity index (χ2v) is 7.60. The van der Waals surface area contributed by atoms with Gasteiger partial charge in [0.15, 0.2) is 0 Å². The SMILES string of the molecule is CCCn1c(CC2CCCCCC2)c(C(N)=O)c2c(C(F)(F)F)cccc21. The molecule has 1 aromatic carbocycles. The number of benzene rings is 1. The molecule has 2 N–H and O–H groups in total. The third-order valence-electron chi connectivity index (χ3n) is 5.65. The number of primary amides is 1. The average Bonchev–Trinajstić information content (AvgIpc) is 2.74. The van der Waals surface area contributed by atoms with Gasteiger partial charge in [-0.1, -0.05) is 51.5 Å². The van der Waals surface area contributed by atoms with E-state index in [9.17, 15) is 18.0 Å². The van der Waals surface area contributed by atoms with Crippen LogP contribution in [0.1, 0.15) is 73.5 Å². The lowest BCUT2D eigenvalue weighted by Crippen LogP contribution is -2.18. The fourth-order valence-corrected chi connectivity index (χ4v) is 4.49. The van der Waals surface area contributed by atoms with Crippen LogP contribution in [0.4, 0.5) is 13.2 Å². The predicted octanol–water partition coefficient (Wildman–Crippen LogP) is 5.68. The molecule has 1 fully saturated rings. The topological polar surface area (TPSA) is 48.0 Å². The first-order valence-corrected chi connectivity index (χ1v) is 9.85. The molecule has 1 aliphatic rings. The summed E-state index contributed by atoms with van der Waals surface area (Å²) in [5.74, 6) is -0.380. The number of aryl methyl sites for hydroxylation is 1. The van der Waals surface area contributed by atoms with Gasteiger partial charge >= 0.3 is 6.18 Å². The second-order valence-electron chi connectivity index (χ2n) is 7.60. The van der Waals surface area contributed by atoms with Gasteiger partial charge in [-0.2, -0.15) is 13.2 Å². The maximum absolute atomic E-state index is 13.6. The van der Waals surface area contributed by atoms with E-state index in [0.29, 0.717) is 30.1 Å². The van der Waals surface area contributed by atoms with Crippen LogP contribution in [-0.2, 0) is 19.1 Å². The largest absolute Gasteiger partial charge is 0.417 e. The van der Waals surface area contributed by atoms with Crippen LogP contribution in [0.3, 0.4) is 0 Å². The van der Waals surface area contributed by atoms with Crippen molar-refractivity contribution >= 4 is 16.8 Å². The number of hydrogen-bond donors (Lipinski definition) is 1. The molecule has 0 bridgehead atoms. The van der Waals surface area contributed by atoms with Crippen molar-refractivity contribution in [1.82, 2.24) is 4.57 Å². The van der Waals surface area contributed by atoms with Gasteiger partial charge in [0.1, 0.15) is 0 Å². The van der Waals surface area contributed by atoms with E-state index in [-0.39, 0.29) is 10.9 Å². The highest BCUT2D eigenvalue weighted by molar-refractivity contribution is 6.09. The highest BCUT2D eigenvalue weighted by Crippen LogP contribution is 2.40. The summed E-state index contributed by atoms with van der Waals surface area (Å²) < 4.78 is 42.8. The molecule has 1 saturated carbocycles. The van der Waals surface area contributed by atoms with Crippen molar-refractivity contribution in [2.75, 3.05) is 0 Å². The molecule has 0 spiro atoms. The summed E-state index contributed by atoms with van der Waals surface area (Å²) in [7, 11) is 0. The Bertz CT molecular complexity index is 815. The molecule has 148 valence electrons. The lowest BCUT2D eigenvalue weighted by molar-refractivity contribution is -0.136. The first-order valence-electron chi connectivity index (χ1n) is 9.85. The first-order chi connectivity index (χ1) is 12.8. The Morgan fingerprint density at radius 1 is 1.19 bits per heavy atom. The normalized spacial score (nSPS) is 16.6. The molecule has 1 heterocycles. The molecular weight excluding hydrogens is 353 g/mol. The maximum Gasteiger partial charge on any atom is 0.417 e. The minimum atomic E-state index is -4.53. The smallest absolute Gasteiger partial charge is 0.366 e. The number of hydrogen-bond acceptors (Lipinski definition) is 1. The number of carbonyl (C=O) groups excluding carboxylic acids is 1. The molecule has 1 aromatic heterocycles. The predicted molar refractivity (Wildman–Crippen MR) is 101 cm³/mol. The number of aromatic nitrogens is 1. The van der Waals surface area contributed by atoms with Crippen LogP contribution in [0.2, 0.25) is 0 Å². The lowest BCUT2D eigenvalue weighted by Gasteiger charge is -2.17. The number of carbonyl (C=O) groups is 1. The molecule has 0 aliphatic heterocycles. The Morgan fingerprint density at radius 2 is 1.85 bits per heavy atom. The quantitative estimate of drug-likeness (QED) is 0.666. The highest BCUT2D eigenvalue weighted by Gasteiger charge is 2.36. The zero-order valence-electron chi connectivity index (χ0n) is 15.7.